The summed E-state index contributed by atoms with van der Waals surface area (Å²) in [5.74, 6) is 0.856. The first kappa shape index (κ1) is 15.9. The van der Waals surface area contributed by atoms with Crippen LogP contribution in [0.1, 0.15) is 0 Å². The Morgan fingerprint density at radius 1 is 0.840 bits per heavy atom. The molecule has 0 bridgehead atoms. The third-order valence-electron chi connectivity index (χ3n) is 3.89. The molecule has 4 rings (SSSR count). The van der Waals surface area contributed by atoms with Gasteiger partial charge in [-0.25, -0.2) is 0 Å². The second-order valence-electron chi connectivity index (χ2n) is 5.46. The smallest absolute Gasteiger partial charge is 0.143 e. The molecule has 0 aliphatic rings. The van der Waals surface area contributed by atoms with Crippen LogP contribution in [0, 0.1) is 0 Å². The molecule has 0 unspecified atom stereocenters. The third kappa shape index (κ3) is 3.06. The summed E-state index contributed by atoms with van der Waals surface area (Å²) in [6.07, 6.45) is 1.77. The highest BCUT2D eigenvalue weighted by molar-refractivity contribution is 7.14. The van der Waals surface area contributed by atoms with E-state index in [9.17, 15) is 0 Å². The minimum absolute atomic E-state index is 0.487. The highest BCUT2D eigenvalue weighted by Crippen LogP contribution is 2.38. The predicted molar refractivity (Wildman–Crippen MR) is 108 cm³/mol. The van der Waals surface area contributed by atoms with E-state index in [4.69, 9.17) is 4.74 Å². The van der Waals surface area contributed by atoms with Crippen LogP contribution in [0.2, 0.25) is 0 Å². The molecule has 3 aromatic heterocycles. The van der Waals surface area contributed by atoms with Crippen LogP contribution in [0.25, 0.3) is 26.8 Å². The van der Waals surface area contributed by atoms with Crippen molar-refractivity contribution in [1.29, 1.82) is 0 Å². The van der Waals surface area contributed by atoms with Crippen LogP contribution in [-0.4, -0.2) is 11.2 Å². The molecule has 1 aromatic carbocycles. The van der Waals surface area contributed by atoms with Crippen molar-refractivity contribution in [1.82, 2.24) is 4.57 Å². The van der Waals surface area contributed by atoms with Crippen molar-refractivity contribution in [3.63, 3.8) is 0 Å². The molecule has 3 heterocycles. The summed E-state index contributed by atoms with van der Waals surface area (Å²) < 4.78 is 8.21. The maximum absolute atomic E-state index is 5.92. The molecule has 0 aliphatic heterocycles. The Bertz CT molecular complexity index is 914. The van der Waals surface area contributed by atoms with Crippen LogP contribution in [0.3, 0.4) is 0 Å². The van der Waals surface area contributed by atoms with Crippen molar-refractivity contribution >= 4 is 22.7 Å². The zero-order chi connectivity index (χ0) is 17.1. The SMILES string of the molecule is C=CCOc1ccccc1-n1c(-c2cccs2)ccc1-c1cccs1. The molecule has 0 fully saturated rings. The molecular formula is C21H17NOS2. The molecular weight excluding hydrogens is 346 g/mol. The van der Waals surface area contributed by atoms with Crippen molar-refractivity contribution in [2.75, 3.05) is 6.61 Å². The average molecular weight is 364 g/mol. The first-order valence-corrected chi connectivity index (χ1v) is 9.77. The quantitative estimate of drug-likeness (QED) is 0.357. The van der Waals surface area contributed by atoms with Gasteiger partial charge in [-0.2, -0.15) is 0 Å². The molecule has 2 nitrogen and oxygen atoms in total. The number of ether oxygens (including phenoxy) is 1. The van der Waals surface area contributed by atoms with Gasteiger partial charge in [-0.1, -0.05) is 36.9 Å². The first-order chi connectivity index (χ1) is 12.4. The van der Waals surface area contributed by atoms with Gasteiger partial charge in [-0.3, -0.25) is 0 Å². The number of benzene rings is 1. The minimum Gasteiger partial charge on any atom is -0.487 e. The Balaban J connectivity index is 1.94. The second-order valence-corrected chi connectivity index (χ2v) is 7.36. The summed E-state index contributed by atoms with van der Waals surface area (Å²) >= 11 is 3.49. The van der Waals surface area contributed by atoms with E-state index in [0.717, 1.165) is 11.4 Å². The van der Waals surface area contributed by atoms with Crippen molar-refractivity contribution in [2.45, 2.75) is 0 Å². The third-order valence-corrected chi connectivity index (χ3v) is 5.68. The first-order valence-electron chi connectivity index (χ1n) is 8.01. The normalized spacial score (nSPS) is 10.7. The van der Waals surface area contributed by atoms with Gasteiger partial charge in [-0.15, -0.1) is 22.7 Å². The Hall–Kier alpha value is -2.56. The molecule has 0 spiro atoms. The number of thiophene rings is 2. The van der Waals surface area contributed by atoms with Crippen molar-refractivity contribution < 1.29 is 4.74 Å². The van der Waals surface area contributed by atoms with E-state index in [1.54, 1.807) is 28.7 Å². The van der Waals surface area contributed by atoms with Crippen LogP contribution in [0.4, 0.5) is 0 Å². The van der Waals surface area contributed by atoms with Gasteiger partial charge in [0, 0.05) is 0 Å². The summed E-state index contributed by atoms with van der Waals surface area (Å²) in [7, 11) is 0. The van der Waals surface area contributed by atoms with Crippen LogP contribution in [0.15, 0.2) is 84.1 Å². The van der Waals surface area contributed by atoms with E-state index >= 15 is 0 Å². The minimum atomic E-state index is 0.487. The van der Waals surface area contributed by atoms with Gasteiger partial charge in [0.05, 0.1) is 26.8 Å². The predicted octanol–water partition coefficient (Wildman–Crippen LogP) is 6.50. The summed E-state index contributed by atoms with van der Waals surface area (Å²) in [4.78, 5) is 2.47. The molecule has 4 heteroatoms. The number of hydrogen-bond acceptors (Lipinski definition) is 3. The Morgan fingerprint density at radius 3 is 2.04 bits per heavy atom. The maximum atomic E-state index is 5.92. The van der Waals surface area contributed by atoms with E-state index in [1.807, 2.05) is 18.2 Å². The van der Waals surface area contributed by atoms with E-state index in [-0.39, 0.29) is 0 Å². The number of hydrogen-bond donors (Lipinski definition) is 0. The fourth-order valence-corrected chi connectivity index (χ4v) is 4.32. The number of para-hydroxylation sites is 2. The van der Waals surface area contributed by atoms with E-state index in [2.05, 4.69) is 64.4 Å². The molecule has 25 heavy (non-hydrogen) atoms. The largest absolute Gasteiger partial charge is 0.487 e. The maximum Gasteiger partial charge on any atom is 0.143 e. The molecule has 0 saturated heterocycles. The fourth-order valence-electron chi connectivity index (χ4n) is 2.84. The second kappa shape index (κ2) is 7.13. The fraction of sp³-hybridized carbons (Fsp3) is 0.0476. The topological polar surface area (TPSA) is 14.2 Å². The van der Waals surface area contributed by atoms with Gasteiger partial charge in [-0.05, 0) is 47.2 Å². The zero-order valence-corrected chi connectivity index (χ0v) is 15.2. The van der Waals surface area contributed by atoms with Crippen LogP contribution in [0.5, 0.6) is 5.75 Å². The van der Waals surface area contributed by atoms with E-state index in [0.29, 0.717) is 6.61 Å². The Morgan fingerprint density at radius 2 is 1.48 bits per heavy atom. The lowest BCUT2D eigenvalue weighted by atomic mass is 10.2. The Labute approximate surface area is 155 Å². The van der Waals surface area contributed by atoms with Gasteiger partial charge < -0.3 is 9.30 Å². The lowest BCUT2D eigenvalue weighted by Crippen LogP contribution is -2.03. The van der Waals surface area contributed by atoms with Gasteiger partial charge in [0.15, 0.2) is 0 Å². The molecule has 4 aromatic rings. The van der Waals surface area contributed by atoms with E-state index < -0.39 is 0 Å². The van der Waals surface area contributed by atoms with Gasteiger partial charge in [0.1, 0.15) is 12.4 Å². The van der Waals surface area contributed by atoms with Gasteiger partial charge in [0.2, 0.25) is 0 Å². The molecule has 0 atom stereocenters. The molecule has 0 saturated carbocycles. The van der Waals surface area contributed by atoms with Gasteiger partial charge >= 0.3 is 0 Å². The van der Waals surface area contributed by atoms with Crippen LogP contribution < -0.4 is 4.74 Å². The van der Waals surface area contributed by atoms with Crippen molar-refractivity contribution in [3.8, 4) is 32.6 Å². The molecule has 0 N–H and O–H groups in total. The molecule has 0 radical (unpaired) electrons. The number of rotatable bonds is 6. The lowest BCUT2D eigenvalue weighted by molar-refractivity contribution is 0.362. The summed E-state index contributed by atoms with van der Waals surface area (Å²) in [5, 5.41) is 4.22. The molecule has 124 valence electrons. The Kier molecular flexibility index (Phi) is 4.55. The standard InChI is InChI=1S/C21H17NOS2/c1-2-13-23-19-8-4-3-7-16(19)22-17(20-9-5-14-24-20)11-12-18(22)21-10-6-15-25-21/h2-12,14-15H,1,13H2. The highest BCUT2D eigenvalue weighted by Gasteiger charge is 2.17. The summed E-state index contributed by atoms with van der Waals surface area (Å²) in [5.41, 5.74) is 3.39. The molecule has 0 amide bonds. The van der Waals surface area contributed by atoms with Crippen LogP contribution in [-0.2, 0) is 0 Å². The van der Waals surface area contributed by atoms with Crippen molar-refractivity contribution in [2.24, 2.45) is 0 Å². The lowest BCUT2D eigenvalue weighted by Gasteiger charge is -2.16. The molecule has 0 aliphatic carbocycles. The van der Waals surface area contributed by atoms with Crippen LogP contribution >= 0.6 is 22.7 Å². The van der Waals surface area contributed by atoms with Gasteiger partial charge in [0.25, 0.3) is 0 Å². The average Bonchev–Trinajstić information content (AvgIpc) is 3.40. The number of nitrogens with zero attached hydrogens (tertiary/aromatic N) is 1. The summed E-state index contributed by atoms with van der Waals surface area (Å²) in [6, 6.07) is 21.0. The highest BCUT2D eigenvalue weighted by atomic mass is 32.1. The summed E-state index contributed by atoms with van der Waals surface area (Å²) in [6.45, 7) is 4.24. The monoisotopic (exact) mass is 363 g/mol. The number of aromatic nitrogens is 1. The van der Waals surface area contributed by atoms with Crippen molar-refractivity contribution in [3.05, 3.63) is 84.1 Å². The zero-order valence-electron chi connectivity index (χ0n) is 13.6. The van der Waals surface area contributed by atoms with E-state index in [1.165, 1.54) is 21.1 Å².